The van der Waals surface area contributed by atoms with E-state index in [-0.39, 0.29) is 25.4 Å². The van der Waals surface area contributed by atoms with Crippen molar-refractivity contribution in [3.05, 3.63) is 71.3 Å². The fourth-order valence-electron chi connectivity index (χ4n) is 4.85. The minimum Gasteiger partial charge on any atom is -0.451 e. The van der Waals surface area contributed by atoms with E-state index in [1.54, 1.807) is 53.4 Å². The largest absolute Gasteiger partial charge is 0.451 e. The van der Waals surface area contributed by atoms with Gasteiger partial charge in [0.1, 0.15) is 11.2 Å². The van der Waals surface area contributed by atoms with Crippen molar-refractivity contribution in [2.45, 2.75) is 51.4 Å². The first-order valence-electron chi connectivity index (χ1n) is 12.9. The minimum atomic E-state index is -1.27. The number of carbonyl (C=O) groups excluding carboxylic acids is 3. The zero-order valence-corrected chi connectivity index (χ0v) is 23.5. The van der Waals surface area contributed by atoms with Crippen LogP contribution in [0, 0.1) is 17.2 Å². The predicted molar refractivity (Wildman–Crippen MR) is 144 cm³/mol. The first kappa shape index (κ1) is 29.7. The monoisotopic (exact) mass is 535 g/mol. The average molecular weight is 536 g/mol. The van der Waals surface area contributed by atoms with Crippen molar-refractivity contribution >= 4 is 18.0 Å². The SMILES string of the molecule is CC(=O)O[C@H](C(=O)O[C@]1(c2cccc(C#N)c2)CCN(C(=O)OC(C)(C)C)C[C@@H]1CN(C)C)c1ccccc1. The van der Waals surface area contributed by atoms with Crippen molar-refractivity contribution in [2.24, 2.45) is 5.92 Å². The Morgan fingerprint density at radius 2 is 1.82 bits per heavy atom. The lowest BCUT2D eigenvalue weighted by Crippen LogP contribution is -2.57. The van der Waals surface area contributed by atoms with Crippen LogP contribution in [-0.2, 0) is 29.4 Å². The molecule has 1 heterocycles. The van der Waals surface area contributed by atoms with Gasteiger partial charge in [-0.2, -0.15) is 5.26 Å². The number of ether oxygens (including phenoxy) is 3. The Labute approximate surface area is 230 Å². The zero-order valence-electron chi connectivity index (χ0n) is 23.5. The number of nitriles is 1. The van der Waals surface area contributed by atoms with Crippen LogP contribution in [0.5, 0.6) is 0 Å². The standard InChI is InChI=1S/C30H37N3O6/c1-21(34)37-26(23-12-8-7-9-13-23)27(35)38-30(24-14-10-11-22(17-24)18-31)15-16-33(20-25(30)19-32(5)6)28(36)39-29(2,3)4/h7-14,17,25-26H,15-16,19-20H2,1-6H3/t25-,26-,30-/m0/s1. The Morgan fingerprint density at radius 1 is 1.13 bits per heavy atom. The third-order valence-corrected chi connectivity index (χ3v) is 6.45. The Kier molecular flexibility index (Phi) is 9.36. The third kappa shape index (κ3) is 7.58. The molecule has 2 aromatic rings. The molecule has 208 valence electrons. The fourth-order valence-corrected chi connectivity index (χ4v) is 4.85. The van der Waals surface area contributed by atoms with E-state index in [2.05, 4.69) is 6.07 Å². The van der Waals surface area contributed by atoms with Crippen LogP contribution in [-0.4, -0.2) is 67.2 Å². The van der Waals surface area contributed by atoms with Gasteiger partial charge in [-0.1, -0.05) is 42.5 Å². The number of nitrogens with zero attached hydrogens (tertiary/aromatic N) is 3. The van der Waals surface area contributed by atoms with E-state index in [1.807, 2.05) is 45.8 Å². The van der Waals surface area contributed by atoms with E-state index < -0.39 is 35.3 Å². The molecule has 1 aliphatic rings. The van der Waals surface area contributed by atoms with Crippen LogP contribution < -0.4 is 0 Å². The van der Waals surface area contributed by atoms with E-state index in [9.17, 15) is 19.6 Å². The van der Waals surface area contributed by atoms with Crippen molar-refractivity contribution < 1.29 is 28.6 Å². The lowest BCUT2D eigenvalue weighted by Gasteiger charge is -2.48. The Morgan fingerprint density at radius 3 is 2.41 bits per heavy atom. The van der Waals surface area contributed by atoms with Crippen molar-refractivity contribution in [1.29, 1.82) is 5.26 Å². The van der Waals surface area contributed by atoms with Gasteiger partial charge in [-0.3, -0.25) is 4.79 Å². The summed E-state index contributed by atoms with van der Waals surface area (Å²) in [5.41, 5.74) is -0.335. The molecule has 1 fully saturated rings. The highest BCUT2D eigenvalue weighted by Gasteiger charge is 2.50. The van der Waals surface area contributed by atoms with Gasteiger partial charge >= 0.3 is 18.0 Å². The molecule has 2 aromatic carbocycles. The molecule has 3 atom stereocenters. The van der Waals surface area contributed by atoms with Crippen LogP contribution >= 0.6 is 0 Å². The van der Waals surface area contributed by atoms with Gasteiger partial charge < -0.3 is 24.0 Å². The zero-order chi connectivity index (χ0) is 28.8. The molecule has 0 unspecified atom stereocenters. The predicted octanol–water partition coefficient (Wildman–Crippen LogP) is 4.42. The van der Waals surface area contributed by atoms with Gasteiger partial charge in [-0.05, 0) is 52.6 Å². The summed E-state index contributed by atoms with van der Waals surface area (Å²) in [5.74, 6) is -1.74. The normalized spacial score (nSPS) is 20.1. The molecule has 0 aromatic heterocycles. The molecule has 3 rings (SSSR count). The maximum absolute atomic E-state index is 13.8. The molecule has 9 heteroatoms. The second-order valence-electron chi connectivity index (χ2n) is 11.0. The quantitative estimate of drug-likeness (QED) is 0.379. The highest BCUT2D eigenvalue weighted by Crippen LogP contribution is 2.43. The molecule has 1 amide bonds. The number of esters is 2. The van der Waals surface area contributed by atoms with Gasteiger partial charge in [0.05, 0.1) is 11.6 Å². The van der Waals surface area contributed by atoms with E-state index in [1.165, 1.54) is 6.92 Å². The second kappa shape index (κ2) is 12.3. The van der Waals surface area contributed by atoms with E-state index >= 15 is 0 Å². The maximum Gasteiger partial charge on any atom is 0.410 e. The van der Waals surface area contributed by atoms with E-state index in [4.69, 9.17) is 14.2 Å². The summed E-state index contributed by atoms with van der Waals surface area (Å²) in [6.07, 6.45) is -1.46. The summed E-state index contributed by atoms with van der Waals surface area (Å²) in [6, 6.07) is 17.8. The number of rotatable bonds is 7. The number of piperidine rings is 1. The number of likely N-dealkylation sites (tertiary alicyclic amines) is 1. The smallest absolute Gasteiger partial charge is 0.410 e. The first-order chi connectivity index (χ1) is 18.3. The highest BCUT2D eigenvalue weighted by molar-refractivity contribution is 5.80. The number of benzene rings is 2. The van der Waals surface area contributed by atoms with Gasteiger partial charge in [-0.15, -0.1) is 0 Å². The number of amides is 1. The number of hydrogen-bond donors (Lipinski definition) is 0. The molecule has 0 bridgehead atoms. The van der Waals surface area contributed by atoms with Crippen LogP contribution in [0.2, 0.25) is 0 Å². The molecule has 39 heavy (non-hydrogen) atoms. The maximum atomic E-state index is 13.8. The summed E-state index contributed by atoms with van der Waals surface area (Å²) in [5, 5.41) is 9.60. The molecule has 1 aliphatic heterocycles. The van der Waals surface area contributed by atoms with Crippen molar-refractivity contribution in [3.8, 4) is 6.07 Å². The second-order valence-corrected chi connectivity index (χ2v) is 11.0. The molecule has 0 radical (unpaired) electrons. The molecule has 0 spiro atoms. The lowest BCUT2D eigenvalue weighted by molar-refractivity contribution is -0.192. The average Bonchev–Trinajstić information content (AvgIpc) is 2.87. The summed E-state index contributed by atoms with van der Waals surface area (Å²) >= 11 is 0. The van der Waals surface area contributed by atoms with Gasteiger partial charge in [0.25, 0.3) is 0 Å². The van der Waals surface area contributed by atoms with Crippen molar-refractivity contribution in [1.82, 2.24) is 9.80 Å². The van der Waals surface area contributed by atoms with Crippen LogP contribution in [0.4, 0.5) is 4.79 Å². The molecule has 9 nitrogen and oxygen atoms in total. The topological polar surface area (TPSA) is 109 Å². The Bertz CT molecular complexity index is 1220. The van der Waals surface area contributed by atoms with E-state index in [0.717, 1.165) is 0 Å². The number of carbonyl (C=O) groups is 3. The molecule has 0 saturated carbocycles. The van der Waals surface area contributed by atoms with Crippen molar-refractivity contribution in [2.75, 3.05) is 33.7 Å². The highest BCUT2D eigenvalue weighted by atomic mass is 16.6. The van der Waals surface area contributed by atoms with Gasteiger partial charge in [0, 0.05) is 44.5 Å². The lowest BCUT2D eigenvalue weighted by atomic mass is 9.75. The molecular weight excluding hydrogens is 498 g/mol. The summed E-state index contributed by atoms with van der Waals surface area (Å²) < 4.78 is 17.5. The first-order valence-corrected chi connectivity index (χ1v) is 12.9. The minimum absolute atomic E-state index is 0.251. The van der Waals surface area contributed by atoms with E-state index in [0.29, 0.717) is 23.2 Å². The van der Waals surface area contributed by atoms with Crippen molar-refractivity contribution in [3.63, 3.8) is 0 Å². The summed E-state index contributed by atoms with van der Waals surface area (Å²) in [4.78, 5) is 42.4. The van der Waals surface area contributed by atoms with Crippen LogP contribution in [0.3, 0.4) is 0 Å². The third-order valence-electron chi connectivity index (χ3n) is 6.45. The van der Waals surface area contributed by atoms with Gasteiger partial charge in [0.15, 0.2) is 0 Å². The molecular formula is C30H37N3O6. The van der Waals surface area contributed by atoms with Crippen LogP contribution in [0.15, 0.2) is 54.6 Å². The molecule has 0 N–H and O–H groups in total. The number of hydrogen-bond acceptors (Lipinski definition) is 8. The van der Waals surface area contributed by atoms with Crippen LogP contribution in [0.25, 0.3) is 0 Å². The fraction of sp³-hybridized carbons (Fsp3) is 0.467. The summed E-state index contributed by atoms with van der Waals surface area (Å²) in [7, 11) is 3.80. The molecule has 0 aliphatic carbocycles. The Balaban J connectivity index is 2.08. The Hall–Kier alpha value is -3.90. The molecule has 1 saturated heterocycles. The van der Waals surface area contributed by atoms with Gasteiger partial charge in [0.2, 0.25) is 6.10 Å². The van der Waals surface area contributed by atoms with Crippen LogP contribution in [0.1, 0.15) is 56.9 Å². The van der Waals surface area contributed by atoms with Gasteiger partial charge in [-0.25, -0.2) is 9.59 Å². The summed E-state index contributed by atoms with van der Waals surface area (Å²) in [6.45, 7) is 7.64.